The second-order valence-electron chi connectivity index (χ2n) is 3.83. The highest BCUT2D eigenvalue weighted by molar-refractivity contribution is 7.99. The van der Waals surface area contributed by atoms with Crippen molar-refractivity contribution >= 4 is 17.7 Å². The van der Waals surface area contributed by atoms with Gasteiger partial charge < -0.3 is 10.6 Å². The van der Waals surface area contributed by atoms with Crippen molar-refractivity contribution in [1.29, 1.82) is 0 Å². The number of nitrogens with one attached hydrogen (secondary N) is 2. The van der Waals surface area contributed by atoms with Crippen molar-refractivity contribution in [3.63, 3.8) is 0 Å². The van der Waals surface area contributed by atoms with E-state index < -0.39 is 0 Å². The molecule has 0 bridgehead atoms. The van der Waals surface area contributed by atoms with Crippen molar-refractivity contribution in [3.8, 4) is 0 Å². The van der Waals surface area contributed by atoms with Gasteiger partial charge in [0, 0.05) is 18.3 Å². The molecule has 1 heterocycles. The van der Waals surface area contributed by atoms with Crippen molar-refractivity contribution in [2.75, 3.05) is 25.9 Å². The lowest BCUT2D eigenvalue weighted by atomic mass is 9.99. The molecule has 1 fully saturated rings. The summed E-state index contributed by atoms with van der Waals surface area (Å²) in [6.07, 6.45) is 4.22. The van der Waals surface area contributed by atoms with Crippen molar-refractivity contribution in [1.82, 2.24) is 10.6 Å². The average Bonchev–Trinajstić information content (AvgIpc) is 2.26. The molecule has 1 amide bonds. The van der Waals surface area contributed by atoms with Gasteiger partial charge in [-0.15, -0.1) is 0 Å². The van der Waals surface area contributed by atoms with Crippen LogP contribution in [-0.4, -0.2) is 37.0 Å². The lowest BCUT2D eigenvalue weighted by Crippen LogP contribution is -2.42. The number of piperidine rings is 1. The Morgan fingerprint density at radius 3 is 3.07 bits per heavy atom. The third kappa shape index (κ3) is 3.88. The summed E-state index contributed by atoms with van der Waals surface area (Å²) in [6.45, 7) is 4.82. The fourth-order valence-electron chi connectivity index (χ4n) is 1.55. The van der Waals surface area contributed by atoms with Gasteiger partial charge in [0.1, 0.15) is 0 Å². The van der Waals surface area contributed by atoms with Crippen LogP contribution in [0.5, 0.6) is 0 Å². The predicted octanol–water partition coefficient (Wildman–Crippen LogP) is 0.854. The fourth-order valence-corrected chi connectivity index (χ4v) is 1.80. The van der Waals surface area contributed by atoms with Crippen LogP contribution in [0.2, 0.25) is 0 Å². The molecule has 1 saturated heterocycles. The summed E-state index contributed by atoms with van der Waals surface area (Å²) >= 11 is 1.78. The summed E-state index contributed by atoms with van der Waals surface area (Å²) in [5.41, 5.74) is 0. The summed E-state index contributed by atoms with van der Waals surface area (Å²) in [5.74, 6) is 0.413. The Hall–Kier alpha value is -0.220. The first-order valence-electron chi connectivity index (χ1n) is 5.25. The molecular formula is C10H20N2OS. The van der Waals surface area contributed by atoms with Crippen LogP contribution >= 0.6 is 11.8 Å². The van der Waals surface area contributed by atoms with E-state index in [0.717, 1.165) is 32.5 Å². The molecular weight excluding hydrogens is 196 g/mol. The number of amides is 1. The van der Waals surface area contributed by atoms with Gasteiger partial charge in [0.05, 0.1) is 5.92 Å². The van der Waals surface area contributed by atoms with E-state index in [1.807, 2.05) is 0 Å². The van der Waals surface area contributed by atoms with Gasteiger partial charge in [-0.25, -0.2) is 0 Å². The lowest BCUT2D eigenvalue weighted by molar-refractivity contribution is -0.125. The number of hydrogen-bond acceptors (Lipinski definition) is 3. The fraction of sp³-hybridized carbons (Fsp3) is 0.900. The number of carbonyl (C=O) groups is 1. The minimum absolute atomic E-state index is 0.192. The minimum atomic E-state index is 0.192. The molecule has 0 aromatic rings. The van der Waals surface area contributed by atoms with E-state index in [2.05, 4.69) is 23.8 Å². The van der Waals surface area contributed by atoms with Crippen molar-refractivity contribution in [2.24, 2.45) is 5.92 Å². The summed E-state index contributed by atoms with van der Waals surface area (Å²) in [4.78, 5) is 11.7. The Morgan fingerprint density at radius 2 is 2.50 bits per heavy atom. The van der Waals surface area contributed by atoms with E-state index in [0.29, 0.717) is 5.25 Å². The van der Waals surface area contributed by atoms with Gasteiger partial charge in [-0.1, -0.05) is 6.92 Å². The molecule has 0 saturated carbocycles. The first kappa shape index (κ1) is 11.9. The molecule has 14 heavy (non-hydrogen) atoms. The predicted molar refractivity (Wildman–Crippen MR) is 61.6 cm³/mol. The van der Waals surface area contributed by atoms with Crippen LogP contribution in [-0.2, 0) is 4.79 Å². The van der Waals surface area contributed by atoms with Crippen LogP contribution in [0.3, 0.4) is 0 Å². The number of hydrogen-bond donors (Lipinski definition) is 2. The van der Waals surface area contributed by atoms with Gasteiger partial charge >= 0.3 is 0 Å². The normalized spacial score (nSPS) is 24.3. The second-order valence-corrected chi connectivity index (χ2v) is 5.11. The monoisotopic (exact) mass is 216 g/mol. The van der Waals surface area contributed by atoms with E-state index in [-0.39, 0.29) is 11.8 Å². The SMILES string of the molecule is CS[C@@H](C)CNC(=O)[C@H]1CCCNC1. The quantitative estimate of drug-likeness (QED) is 0.732. The van der Waals surface area contributed by atoms with Gasteiger partial charge in [0.15, 0.2) is 0 Å². The number of rotatable bonds is 4. The lowest BCUT2D eigenvalue weighted by Gasteiger charge is -2.22. The van der Waals surface area contributed by atoms with E-state index in [4.69, 9.17) is 0 Å². The third-order valence-corrected chi connectivity index (χ3v) is 3.61. The molecule has 0 unspecified atom stereocenters. The minimum Gasteiger partial charge on any atom is -0.355 e. The van der Waals surface area contributed by atoms with Gasteiger partial charge in [-0.05, 0) is 25.6 Å². The first-order valence-corrected chi connectivity index (χ1v) is 6.54. The standard InChI is InChI=1S/C10H20N2OS/c1-8(14-2)6-12-10(13)9-4-3-5-11-7-9/h8-9,11H,3-7H2,1-2H3,(H,12,13)/t8-,9-/m0/s1. The maximum atomic E-state index is 11.7. The van der Waals surface area contributed by atoms with Gasteiger partial charge in [-0.3, -0.25) is 4.79 Å². The smallest absolute Gasteiger partial charge is 0.224 e. The highest BCUT2D eigenvalue weighted by Crippen LogP contribution is 2.10. The highest BCUT2D eigenvalue weighted by atomic mass is 32.2. The van der Waals surface area contributed by atoms with E-state index in [1.165, 1.54) is 0 Å². The zero-order chi connectivity index (χ0) is 10.4. The maximum Gasteiger partial charge on any atom is 0.224 e. The molecule has 4 heteroatoms. The zero-order valence-electron chi connectivity index (χ0n) is 9.01. The molecule has 2 atom stereocenters. The summed E-state index contributed by atoms with van der Waals surface area (Å²) < 4.78 is 0. The third-order valence-electron chi connectivity index (χ3n) is 2.63. The molecule has 3 nitrogen and oxygen atoms in total. The second kappa shape index (κ2) is 6.30. The van der Waals surface area contributed by atoms with Gasteiger partial charge in [0.25, 0.3) is 0 Å². The van der Waals surface area contributed by atoms with Crippen LogP contribution in [0.4, 0.5) is 0 Å². The number of thioether (sulfide) groups is 1. The van der Waals surface area contributed by atoms with Crippen LogP contribution in [0.1, 0.15) is 19.8 Å². The van der Waals surface area contributed by atoms with E-state index >= 15 is 0 Å². The van der Waals surface area contributed by atoms with E-state index in [9.17, 15) is 4.79 Å². The van der Waals surface area contributed by atoms with Crippen LogP contribution < -0.4 is 10.6 Å². The van der Waals surface area contributed by atoms with Gasteiger partial charge in [0.2, 0.25) is 5.91 Å². The molecule has 0 aromatic carbocycles. The Bertz CT molecular complexity index is 181. The molecule has 2 N–H and O–H groups in total. The molecule has 0 spiro atoms. The molecule has 0 radical (unpaired) electrons. The molecule has 0 aromatic heterocycles. The highest BCUT2D eigenvalue weighted by Gasteiger charge is 2.20. The molecule has 1 aliphatic heterocycles. The van der Waals surface area contributed by atoms with Crippen LogP contribution in [0, 0.1) is 5.92 Å². The zero-order valence-corrected chi connectivity index (χ0v) is 9.82. The molecule has 0 aliphatic carbocycles. The maximum absolute atomic E-state index is 11.7. The van der Waals surface area contributed by atoms with Crippen LogP contribution in [0.15, 0.2) is 0 Å². The van der Waals surface area contributed by atoms with Crippen LogP contribution in [0.25, 0.3) is 0 Å². The van der Waals surface area contributed by atoms with Crippen molar-refractivity contribution in [2.45, 2.75) is 25.0 Å². The Kier molecular flexibility index (Phi) is 5.33. The Morgan fingerprint density at radius 1 is 1.71 bits per heavy atom. The Balaban J connectivity index is 2.19. The number of carbonyl (C=O) groups excluding carboxylic acids is 1. The average molecular weight is 216 g/mol. The van der Waals surface area contributed by atoms with Gasteiger partial charge in [-0.2, -0.15) is 11.8 Å². The van der Waals surface area contributed by atoms with Crippen molar-refractivity contribution in [3.05, 3.63) is 0 Å². The summed E-state index contributed by atoms with van der Waals surface area (Å²) in [7, 11) is 0. The summed E-state index contributed by atoms with van der Waals surface area (Å²) in [6, 6.07) is 0. The molecule has 1 rings (SSSR count). The molecule has 1 aliphatic rings. The van der Waals surface area contributed by atoms with Crippen molar-refractivity contribution < 1.29 is 4.79 Å². The Labute approximate surface area is 90.4 Å². The van der Waals surface area contributed by atoms with E-state index in [1.54, 1.807) is 11.8 Å². The molecule has 82 valence electrons. The topological polar surface area (TPSA) is 41.1 Å². The largest absolute Gasteiger partial charge is 0.355 e. The summed E-state index contributed by atoms with van der Waals surface area (Å²) in [5, 5.41) is 6.76. The first-order chi connectivity index (χ1) is 6.74.